The lowest BCUT2D eigenvalue weighted by atomic mass is 10.0. The molecule has 170 valence electrons. The van der Waals surface area contributed by atoms with E-state index in [1.165, 1.54) is 11.3 Å². The van der Waals surface area contributed by atoms with Crippen LogP contribution in [0.4, 0.5) is 0 Å². The molecule has 31 heavy (non-hydrogen) atoms. The van der Waals surface area contributed by atoms with Gasteiger partial charge in [0.05, 0.1) is 16.8 Å². The third kappa shape index (κ3) is 13.1. The second-order valence-electron chi connectivity index (χ2n) is 7.69. The van der Waals surface area contributed by atoms with Gasteiger partial charge in [0.2, 0.25) is 0 Å². The van der Waals surface area contributed by atoms with Crippen LogP contribution in [0.5, 0.6) is 0 Å². The van der Waals surface area contributed by atoms with E-state index in [-0.39, 0.29) is 12.3 Å². The van der Waals surface area contributed by atoms with Crippen molar-refractivity contribution in [3.8, 4) is 11.8 Å². The zero-order chi connectivity index (χ0) is 23.4. The summed E-state index contributed by atoms with van der Waals surface area (Å²) in [6.45, 7) is 7.31. The third-order valence-electron chi connectivity index (χ3n) is 4.18. The Morgan fingerprint density at radius 1 is 1.32 bits per heavy atom. The smallest absolute Gasteiger partial charge is 0.385 e. The molecule has 2 N–H and O–H groups in total. The number of carboxylic acid groups (broad SMARTS) is 1. The number of carboxylic acids is 1. The molecule has 0 aliphatic carbocycles. The Morgan fingerprint density at radius 3 is 2.65 bits per heavy atom. The molecule has 1 aromatic rings. The van der Waals surface area contributed by atoms with Crippen molar-refractivity contribution in [1.82, 2.24) is 4.98 Å². The fraction of sp³-hybridized carbons (Fsp3) is 0.522. The lowest BCUT2D eigenvalue weighted by molar-refractivity contribution is -0.140. The van der Waals surface area contributed by atoms with E-state index in [4.69, 9.17) is 9.84 Å². The van der Waals surface area contributed by atoms with Crippen LogP contribution in [0, 0.1) is 17.8 Å². The SMILES string of the molecule is C/C(Br)=C\[C@H](Cc1nc(CC[C@@H](C)CC(=O)O)cs1)OC(=O)C#C/C=C(\C)C[C@H](C)O. The molecule has 6 nitrogen and oxygen atoms in total. The van der Waals surface area contributed by atoms with Gasteiger partial charge in [-0.15, -0.1) is 11.3 Å². The Bertz CT molecular complexity index is 859. The number of thiazole rings is 1. The van der Waals surface area contributed by atoms with Gasteiger partial charge >= 0.3 is 11.9 Å². The zero-order valence-corrected chi connectivity index (χ0v) is 20.8. The maximum Gasteiger partial charge on any atom is 0.385 e. The monoisotopic (exact) mass is 511 g/mol. The minimum atomic E-state index is -0.787. The largest absolute Gasteiger partial charge is 0.481 e. The van der Waals surface area contributed by atoms with Crippen LogP contribution < -0.4 is 0 Å². The number of hydrogen-bond acceptors (Lipinski definition) is 6. The number of aryl methyl sites for hydroxylation is 1. The lowest BCUT2D eigenvalue weighted by Crippen LogP contribution is -2.18. The number of hydrogen-bond donors (Lipinski definition) is 2. The maximum atomic E-state index is 12.1. The van der Waals surface area contributed by atoms with Crippen molar-refractivity contribution < 1.29 is 24.5 Å². The first-order chi connectivity index (χ1) is 14.5. The van der Waals surface area contributed by atoms with E-state index in [9.17, 15) is 14.7 Å². The van der Waals surface area contributed by atoms with E-state index in [2.05, 4.69) is 32.8 Å². The first kappa shape index (κ1) is 27.1. The van der Waals surface area contributed by atoms with E-state index in [0.29, 0.717) is 19.3 Å². The minimum absolute atomic E-state index is 0.0900. The summed E-state index contributed by atoms with van der Waals surface area (Å²) >= 11 is 4.87. The van der Waals surface area contributed by atoms with Gasteiger partial charge in [-0.1, -0.05) is 34.3 Å². The van der Waals surface area contributed by atoms with E-state index in [0.717, 1.165) is 27.2 Å². The van der Waals surface area contributed by atoms with Gasteiger partial charge in [-0.3, -0.25) is 4.79 Å². The summed E-state index contributed by atoms with van der Waals surface area (Å²) in [4.78, 5) is 27.5. The fourth-order valence-corrected chi connectivity index (χ4v) is 3.99. The summed E-state index contributed by atoms with van der Waals surface area (Å²) in [5.41, 5.74) is 1.80. The predicted molar refractivity (Wildman–Crippen MR) is 126 cm³/mol. The molecule has 0 radical (unpaired) electrons. The average Bonchev–Trinajstić information content (AvgIpc) is 3.05. The number of allylic oxidation sites excluding steroid dienone is 2. The molecule has 1 heterocycles. The molecule has 3 atom stereocenters. The Labute approximate surface area is 196 Å². The number of carbonyl (C=O) groups is 2. The number of aliphatic hydroxyl groups excluding tert-OH is 1. The van der Waals surface area contributed by atoms with Crippen molar-refractivity contribution in [3.05, 3.63) is 38.3 Å². The molecule has 0 bridgehead atoms. The molecule has 0 saturated carbocycles. The van der Waals surface area contributed by atoms with Crippen molar-refractivity contribution >= 4 is 39.2 Å². The van der Waals surface area contributed by atoms with Crippen LogP contribution >= 0.6 is 27.3 Å². The van der Waals surface area contributed by atoms with Gasteiger partial charge in [0.25, 0.3) is 0 Å². The zero-order valence-electron chi connectivity index (χ0n) is 18.4. The number of rotatable bonds is 11. The topological polar surface area (TPSA) is 96.7 Å². The number of aliphatic hydroxyl groups is 1. The number of halogens is 1. The summed E-state index contributed by atoms with van der Waals surface area (Å²) in [7, 11) is 0. The van der Waals surface area contributed by atoms with Crippen molar-refractivity contribution in [2.24, 2.45) is 5.92 Å². The molecular formula is C23H30BrNO5S. The number of ether oxygens (including phenoxy) is 1. The average molecular weight is 512 g/mol. The molecular weight excluding hydrogens is 482 g/mol. The Hall–Kier alpha value is -1.95. The number of esters is 1. The molecule has 0 aliphatic heterocycles. The van der Waals surface area contributed by atoms with Crippen molar-refractivity contribution in [1.29, 1.82) is 0 Å². The second kappa shape index (κ2) is 14.2. The molecule has 8 heteroatoms. The minimum Gasteiger partial charge on any atom is -0.481 e. The van der Waals surface area contributed by atoms with Gasteiger partial charge in [0.1, 0.15) is 6.10 Å². The van der Waals surface area contributed by atoms with Gasteiger partial charge in [0.15, 0.2) is 0 Å². The van der Waals surface area contributed by atoms with E-state index >= 15 is 0 Å². The highest BCUT2D eigenvalue weighted by Crippen LogP contribution is 2.19. The number of aromatic nitrogens is 1. The lowest BCUT2D eigenvalue weighted by Gasteiger charge is -2.11. The molecule has 0 fully saturated rings. The van der Waals surface area contributed by atoms with Crippen LogP contribution in [-0.4, -0.2) is 39.3 Å². The summed E-state index contributed by atoms with van der Waals surface area (Å²) in [6, 6.07) is 0. The summed E-state index contributed by atoms with van der Waals surface area (Å²) in [6.07, 6.45) is 5.00. The second-order valence-corrected chi connectivity index (χ2v) is 9.88. The Kier molecular flexibility index (Phi) is 12.4. The highest BCUT2D eigenvalue weighted by molar-refractivity contribution is 9.11. The first-order valence-electron chi connectivity index (χ1n) is 10.1. The predicted octanol–water partition coefficient (Wildman–Crippen LogP) is 4.66. The quantitative estimate of drug-likeness (QED) is 0.254. The normalized spacial score (nSPS) is 14.9. The fourth-order valence-electron chi connectivity index (χ4n) is 2.82. The molecule has 0 spiro atoms. The number of aliphatic carboxylic acids is 1. The standard InChI is InChI=1S/C23H30BrNO5S/c1-15(10-18(4)26)6-5-7-23(29)30-20(12-17(3)24)13-21-25-19(14-31-21)9-8-16(2)11-22(27)28/h6,12,14,16,18,20,26H,8-11,13H2,1-4H3,(H,27,28)/b15-6+,17-12+/t16-,18+,20-/m1/s1. The van der Waals surface area contributed by atoms with Gasteiger partial charge in [-0.05, 0) is 62.6 Å². The molecule has 0 aliphatic rings. The third-order valence-corrected chi connectivity index (χ3v) is 5.36. The molecule has 0 aromatic carbocycles. The van der Waals surface area contributed by atoms with Crippen LogP contribution in [0.1, 0.15) is 57.7 Å². The van der Waals surface area contributed by atoms with Crippen LogP contribution in [0.15, 0.2) is 27.6 Å². The van der Waals surface area contributed by atoms with Gasteiger partial charge < -0.3 is 14.9 Å². The van der Waals surface area contributed by atoms with Crippen molar-refractivity contribution in [2.75, 3.05) is 0 Å². The van der Waals surface area contributed by atoms with Crippen LogP contribution in [-0.2, 0) is 27.2 Å². The summed E-state index contributed by atoms with van der Waals surface area (Å²) in [5.74, 6) is 3.80. The summed E-state index contributed by atoms with van der Waals surface area (Å²) in [5, 5.41) is 21.0. The number of nitrogens with zero attached hydrogens (tertiary/aromatic N) is 1. The summed E-state index contributed by atoms with van der Waals surface area (Å²) < 4.78 is 6.32. The van der Waals surface area contributed by atoms with E-state index in [1.807, 2.05) is 26.2 Å². The van der Waals surface area contributed by atoms with Gasteiger partial charge in [-0.25, -0.2) is 9.78 Å². The van der Waals surface area contributed by atoms with Crippen molar-refractivity contribution in [3.63, 3.8) is 0 Å². The van der Waals surface area contributed by atoms with Gasteiger partial charge in [0, 0.05) is 24.1 Å². The van der Waals surface area contributed by atoms with Crippen LogP contribution in [0.2, 0.25) is 0 Å². The first-order valence-corrected chi connectivity index (χ1v) is 11.8. The molecule has 0 amide bonds. The van der Waals surface area contributed by atoms with Gasteiger partial charge in [-0.2, -0.15) is 0 Å². The van der Waals surface area contributed by atoms with Crippen LogP contribution in [0.25, 0.3) is 0 Å². The maximum absolute atomic E-state index is 12.1. The highest BCUT2D eigenvalue weighted by Gasteiger charge is 2.15. The van der Waals surface area contributed by atoms with E-state index < -0.39 is 24.1 Å². The number of carbonyl (C=O) groups excluding carboxylic acids is 1. The van der Waals surface area contributed by atoms with Crippen LogP contribution in [0.3, 0.4) is 0 Å². The molecule has 1 aromatic heterocycles. The molecule has 0 unspecified atom stereocenters. The Balaban J connectivity index is 2.70. The molecule has 0 saturated heterocycles. The highest BCUT2D eigenvalue weighted by atomic mass is 79.9. The van der Waals surface area contributed by atoms with E-state index in [1.54, 1.807) is 19.1 Å². The Morgan fingerprint density at radius 2 is 2.03 bits per heavy atom. The van der Waals surface area contributed by atoms with Crippen molar-refractivity contribution in [2.45, 2.75) is 72.0 Å². The molecule has 1 rings (SSSR count).